The van der Waals surface area contributed by atoms with E-state index in [1.54, 1.807) is 30.2 Å². The Morgan fingerprint density at radius 1 is 1.42 bits per heavy atom. The van der Waals surface area contributed by atoms with Crippen LogP contribution in [0.3, 0.4) is 0 Å². The number of anilines is 1. The van der Waals surface area contributed by atoms with E-state index in [4.69, 9.17) is 4.74 Å². The molecule has 1 aromatic carbocycles. The van der Waals surface area contributed by atoms with Crippen LogP contribution in [0.1, 0.15) is 16.9 Å². The Kier molecular flexibility index (Phi) is 4.28. The Balaban J connectivity index is 1.69. The van der Waals surface area contributed by atoms with E-state index in [1.165, 1.54) is 6.20 Å². The lowest BCUT2D eigenvalue weighted by Crippen LogP contribution is -2.37. The van der Waals surface area contributed by atoms with Crippen molar-refractivity contribution in [1.82, 2.24) is 15.3 Å². The number of hydrogen-bond acceptors (Lipinski definition) is 5. The summed E-state index contributed by atoms with van der Waals surface area (Å²) in [5, 5.41) is 2.76. The van der Waals surface area contributed by atoms with E-state index in [1.807, 2.05) is 6.07 Å². The second-order valence-electron chi connectivity index (χ2n) is 5.38. The van der Waals surface area contributed by atoms with Gasteiger partial charge >= 0.3 is 0 Å². The number of ether oxygens (including phenoxy) is 1. The molecule has 0 bridgehead atoms. The van der Waals surface area contributed by atoms with Crippen molar-refractivity contribution >= 4 is 17.5 Å². The van der Waals surface area contributed by atoms with Gasteiger partial charge in [0.25, 0.3) is 11.5 Å². The van der Waals surface area contributed by atoms with Crippen LogP contribution in [0, 0.1) is 0 Å². The summed E-state index contributed by atoms with van der Waals surface area (Å²) in [6, 6.07) is 6.85. The number of carbonyl (C=O) groups excluding carboxylic acids is 2. The molecule has 1 aliphatic heterocycles. The molecule has 0 spiro atoms. The third-order valence-electron chi connectivity index (χ3n) is 3.73. The van der Waals surface area contributed by atoms with Crippen LogP contribution < -0.4 is 20.5 Å². The van der Waals surface area contributed by atoms with Crippen LogP contribution in [0.5, 0.6) is 5.75 Å². The molecule has 1 fully saturated rings. The number of rotatable bonds is 4. The number of benzene rings is 1. The standard InChI is InChI=1S/C16H16N4O4/c1-24-12-4-2-3-11(6-12)20-9-10(5-15(20)22)19-16(23)13-7-18-14(21)8-17-13/h2-4,6-8,10H,5,9H2,1H3,(H,18,21)(H,19,23). The fourth-order valence-corrected chi connectivity index (χ4v) is 2.56. The van der Waals surface area contributed by atoms with Crippen molar-refractivity contribution in [2.45, 2.75) is 12.5 Å². The maximum absolute atomic E-state index is 12.2. The average Bonchev–Trinajstić information content (AvgIpc) is 2.95. The highest BCUT2D eigenvalue weighted by molar-refractivity contribution is 5.98. The summed E-state index contributed by atoms with van der Waals surface area (Å²) in [7, 11) is 1.56. The Morgan fingerprint density at radius 3 is 2.96 bits per heavy atom. The molecule has 2 heterocycles. The predicted molar refractivity (Wildman–Crippen MR) is 86.1 cm³/mol. The van der Waals surface area contributed by atoms with Crippen LogP contribution in [0.4, 0.5) is 5.69 Å². The number of nitrogens with zero attached hydrogens (tertiary/aromatic N) is 2. The van der Waals surface area contributed by atoms with Gasteiger partial charge in [0.1, 0.15) is 11.4 Å². The second-order valence-corrected chi connectivity index (χ2v) is 5.38. The molecule has 1 unspecified atom stereocenters. The molecule has 1 atom stereocenters. The lowest BCUT2D eigenvalue weighted by Gasteiger charge is -2.17. The highest BCUT2D eigenvalue weighted by Gasteiger charge is 2.32. The first kappa shape index (κ1) is 15.7. The van der Waals surface area contributed by atoms with Crippen molar-refractivity contribution in [3.05, 3.63) is 52.7 Å². The maximum Gasteiger partial charge on any atom is 0.271 e. The number of methoxy groups -OCH3 is 1. The Labute approximate surface area is 137 Å². The zero-order valence-electron chi connectivity index (χ0n) is 13.0. The van der Waals surface area contributed by atoms with Gasteiger partial charge in [-0.3, -0.25) is 14.4 Å². The van der Waals surface area contributed by atoms with Crippen LogP contribution in [0.15, 0.2) is 41.5 Å². The SMILES string of the molecule is COc1cccc(N2CC(NC(=O)c3c[nH]c(=O)cn3)CC2=O)c1. The Hall–Kier alpha value is -3.16. The van der Waals surface area contributed by atoms with Crippen molar-refractivity contribution in [1.29, 1.82) is 0 Å². The quantitative estimate of drug-likeness (QED) is 0.841. The second kappa shape index (κ2) is 6.53. The molecule has 124 valence electrons. The first-order valence-corrected chi connectivity index (χ1v) is 7.37. The molecule has 0 radical (unpaired) electrons. The first-order chi connectivity index (χ1) is 11.6. The molecule has 2 N–H and O–H groups in total. The highest BCUT2D eigenvalue weighted by atomic mass is 16.5. The number of nitrogens with one attached hydrogen (secondary N) is 2. The summed E-state index contributed by atoms with van der Waals surface area (Å²) in [6.07, 6.45) is 2.48. The molecule has 2 aromatic rings. The number of carbonyl (C=O) groups is 2. The fraction of sp³-hybridized carbons (Fsp3) is 0.250. The van der Waals surface area contributed by atoms with E-state index in [0.717, 1.165) is 11.9 Å². The zero-order valence-corrected chi connectivity index (χ0v) is 13.0. The van der Waals surface area contributed by atoms with Gasteiger partial charge in [-0.05, 0) is 12.1 Å². The lowest BCUT2D eigenvalue weighted by atomic mass is 10.2. The largest absolute Gasteiger partial charge is 0.497 e. The smallest absolute Gasteiger partial charge is 0.271 e. The van der Waals surface area contributed by atoms with Gasteiger partial charge in [-0.25, -0.2) is 4.98 Å². The summed E-state index contributed by atoms with van der Waals surface area (Å²) in [6.45, 7) is 0.362. The van der Waals surface area contributed by atoms with Gasteiger partial charge in [-0.2, -0.15) is 0 Å². The van der Waals surface area contributed by atoms with Gasteiger partial charge in [0, 0.05) is 30.9 Å². The number of amides is 2. The summed E-state index contributed by atoms with van der Waals surface area (Å²) in [5.74, 6) is 0.143. The summed E-state index contributed by atoms with van der Waals surface area (Å²) >= 11 is 0. The van der Waals surface area contributed by atoms with Crippen molar-refractivity contribution < 1.29 is 14.3 Å². The third kappa shape index (κ3) is 3.27. The van der Waals surface area contributed by atoms with E-state index in [0.29, 0.717) is 12.3 Å². The van der Waals surface area contributed by atoms with Crippen molar-refractivity contribution in [2.75, 3.05) is 18.6 Å². The zero-order chi connectivity index (χ0) is 17.1. The van der Waals surface area contributed by atoms with Crippen LogP contribution in [-0.4, -0.2) is 41.5 Å². The molecular formula is C16H16N4O4. The molecule has 24 heavy (non-hydrogen) atoms. The predicted octanol–water partition coefficient (Wildman–Crippen LogP) is 0.314. The number of aromatic amines is 1. The van der Waals surface area contributed by atoms with Gasteiger partial charge in [-0.15, -0.1) is 0 Å². The molecule has 1 aliphatic rings. The van der Waals surface area contributed by atoms with Crippen LogP contribution >= 0.6 is 0 Å². The normalized spacial score (nSPS) is 17.0. The van der Waals surface area contributed by atoms with E-state index in [2.05, 4.69) is 15.3 Å². The third-order valence-corrected chi connectivity index (χ3v) is 3.73. The monoisotopic (exact) mass is 328 g/mol. The topological polar surface area (TPSA) is 104 Å². The van der Waals surface area contributed by atoms with Gasteiger partial charge in [-0.1, -0.05) is 6.07 Å². The van der Waals surface area contributed by atoms with Gasteiger partial charge < -0.3 is 19.9 Å². The number of aromatic nitrogens is 2. The van der Waals surface area contributed by atoms with Gasteiger partial charge in [0.15, 0.2) is 0 Å². The minimum Gasteiger partial charge on any atom is -0.497 e. The molecule has 1 aromatic heterocycles. The maximum atomic E-state index is 12.2. The summed E-state index contributed by atoms with van der Waals surface area (Å²) in [5.41, 5.74) is 0.437. The molecule has 2 amide bonds. The van der Waals surface area contributed by atoms with Crippen molar-refractivity contribution in [3.8, 4) is 5.75 Å². The van der Waals surface area contributed by atoms with E-state index in [9.17, 15) is 14.4 Å². The molecule has 8 nitrogen and oxygen atoms in total. The molecule has 3 rings (SSSR count). The van der Waals surface area contributed by atoms with E-state index in [-0.39, 0.29) is 29.6 Å². The molecule has 1 saturated heterocycles. The van der Waals surface area contributed by atoms with Gasteiger partial charge in [0.2, 0.25) is 5.91 Å². The van der Waals surface area contributed by atoms with Crippen molar-refractivity contribution in [3.63, 3.8) is 0 Å². The minimum atomic E-state index is -0.434. The van der Waals surface area contributed by atoms with Crippen LogP contribution in [-0.2, 0) is 4.79 Å². The fourth-order valence-electron chi connectivity index (χ4n) is 2.56. The van der Waals surface area contributed by atoms with Gasteiger partial charge in [0.05, 0.1) is 19.3 Å². The highest BCUT2D eigenvalue weighted by Crippen LogP contribution is 2.25. The average molecular weight is 328 g/mol. The summed E-state index contributed by atoms with van der Waals surface area (Å²) in [4.78, 5) is 43.1. The Bertz CT molecular complexity index is 812. The van der Waals surface area contributed by atoms with E-state index >= 15 is 0 Å². The Morgan fingerprint density at radius 2 is 2.25 bits per heavy atom. The van der Waals surface area contributed by atoms with E-state index < -0.39 is 5.91 Å². The first-order valence-electron chi connectivity index (χ1n) is 7.37. The molecule has 0 aliphatic carbocycles. The van der Waals surface area contributed by atoms with Crippen molar-refractivity contribution in [2.24, 2.45) is 0 Å². The van der Waals surface area contributed by atoms with Crippen LogP contribution in [0.2, 0.25) is 0 Å². The molecule has 0 saturated carbocycles. The van der Waals surface area contributed by atoms with Crippen LogP contribution in [0.25, 0.3) is 0 Å². The minimum absolute atomic E-state index is 0.0806. The summed E-state index contributed by atoms with van der Waals surface area (Å²) < 4.78 is 5.16. The number of H-pyrrole nitrogens is 1. The molecular weight excluding hydrogens is 312 g/mol. The lowest BCUT2D eigenvalue weighted by molar-refractivity contribution is -0.117. The molecule has 8 heteroatoms. The number of hydrogen-bond donors (Lipinski definition) is 2.